The van der Waals surface area contributed by atoms with Crippen molar-refractivity contribution >= 4 is 0 Å². The van der Waals surface area contributed by atoms with E-state index in [1.165, 1.54) is 0 Å². The van der Waals surface area contributed by atoms with Gasteiger partial charge in [0, 0.05) is 19.1 Å². The molecule has 2 unspecified atom stereocenters. The van der Waals surface area contributed by atoms with Crippen molar-refractivity contribution in [3.63, 3.8) is 0 Å². The molecule has 1 fully saturated rings. The number of para-hydroxylation sites is 1. The van der Waals surface area contributed by atoms with Gasteiger partial charge in [-0.05, 0) is 31.7 Å². The molecule has 3 nitrogen and oxygen atoms in total. The van der Waals surface area contributed by atoms with E-state index in [0.717, 1.165) is 37.0 Å². The largest absolute Gasteiger partial charge is 0.493 e. The SMILES string of the molecule is CCCOc1ccccc1C1(O)CCCC(OC)C1. The molecule has 0 radical (unpaired) electrons. The van der Waals surface area contributed by atoms with E-state index in [0.29, 0.717) is 13.0 Å². The highest BCUT2D eigenvalue weighted by atomic mass is 16.5. The van der Waals surface area contributed by atoms with Gasteiger partial charge in [0.25, 0.3) is 0 Å². The molecule has 1 aromatic rings. The Labute approximate surface area is 115 Å². The minimum atomic E-state index is -0.816. The van der Waals surface area contributed by atoms with Gasteiger partial charge in [0.1, 0.15) is 5.75 Å². The molecule has 0 amide bonds. The molecule has 19 heavy (non-hydrogen) atoms. The monoisotopic (exact) mass is 264 g/mol. The molecular weight excluding hydrogens is 240 g/mol. The zero-order valence-corrected chi connectivity index (χ0v) is 11.9. The summed E-state index contributed by atoms with van der Waals surface area (Å²) in [5.41, 5.74) is 0.0914. The van der Waals surface area contributed by atoms with Crippen molar-refractivity contribution in [1.29, 1.82) is 0 Å². The third kappa shape index (κ3) is 3.28. The van der Waals surface area contributed by atoms with Gasteiger partial charge in [0.2, 0.25) is 0 Å². The molecule has 1 aliphatic carbocycles. The molecule has 0 aliphatic heterocycles. The van der Waals surface area contributed by atoms with E-state index in [1.54, 1.807) is 7.11 Å². The first-order valence-corrected chi connectivity index (χ1v) is 7.17. The number of hydrogen-bond donors (Lipinski definition) is 1. The first-order chi connectivity index (χ1) is 9.19. The van der Waals surface area contributed by atoms with Crippen LogP contribution in [0.15, 0.2) is 24.3 Å². The molecule has 0 aromatic heterocycles. The zero-order valence-electron chi connectivity index (χ0n) is 11.9. The van der Waals surface area contributed by atoms with Gasteiger partial charge in [-0.15, -0.1) is 0 Å². The van der Waals surface area contributed by atoms with E-state index >= 15 is 0 Å². The maximum absolute atomic E-state index is 11.0. The Kier molecular flexibility index (Phi) is 4.83. The first-order valence-electron chi connectivity index (χ1n) is 7.17. The second-order valence-electron chi connectivity index (χ2n) is 5.33. The van der Waals surface area contributed by atoms with Crippen molar-refractivity contribution in [1.82, 2.24) is 0 Å². The van der Waals surface area contributed by atoms with Crippen LogP contribution in [0.5, 0.6) is 5.75 Å². The van der Waals surface area contributed by atoms with E-state index in [1.807, 2.05) is 24.3 Å². The molecule has 106 valence electrons. The molecule has 1 saturated carbocycles. The molecule has 0 heterocycles. The number of benzene rings is 1. The molecule has 1 aliphatic rings. The Morgan fingerprint density at radius 2 is 2.16 bits per heavy atom. The van der Waals surface area contributed by atoms with Crippen molar-refractivity contribution in [2.75, 3.05) is 13.7 Å². The summed E-state index contributed by atoms with van der Waals surface area (Å²) in [5.74, 6) is 0.809. The molecule has 3 heteroatoms. The summed E-state index contributed by atoms with van der Waals surface area (Å²) in [6, 6.07) is 7.83. The Hall–Kier alpha value is -1.06. The second-order valence-corrected chi connectivity index (χ2v) is 5.33. The van der Waals surface area contributed by atoms with Crippen LogP contribution < -0.4 is 4.74 Å². The van der Waals surface area contributed by atoms with Crippen LogP contribution in [0.25, 0.3) is 0 Å². The third-order valence-electron chi connectivity index (χ3n) is 3.87. The van der Waals surface area contributed by atoms with Crippen LogP contribution >= 0.6 is 0 Å². The minimum absolute atomic E-state index is 0.137. The lowest BCUT2D eigenvalue weighted by Crippen LogP contribution is -2.36. The van der Waals surface area contributed by atoms with E-state index in [2.05, 4.69) is 6.92 Å². The topological polar surface area (TPSA) is 38.7 Å². The number of ether oxygens (including phenoxy) is 2. The first kappa shape index (κ1) is 14.4. The lowest BCUT2D eigenvalue weighted by molar-refractivity contribution is -0.0644. The normalized spacial score (nSPS) is 27.2. The lowest BCUT2D eigenvalue weighted by Gasteiger charge is -2.37. The van der Waals surface area contributed by atoms with Gasteiger partial charge in [0.15, 0.2) is 0 Å². The fourth-order valence-corrected chi connectivity index (χ4v) is 2.84. The summed E-state index contributed by atoms with van der Waals surface area (Å²) in [6.45, 7) is 2.76. The maximum Gasteiger partial charge on any atom is 0.125 e. The van der Waals surface area contributed by atoms with Gasteiger partial charge in [-0.2, -0.15) is 0 Å². The fourth-order valence-electron chi connectivity index (χ4n) is 2.84. The average molecular weight is 264 g/mol. The summed E-state index contributed by atoms with van der Waals surface area (Å²) < 4.78 is 11.2. The summed E-state index contributed by atoms with van der Waals surface area (Å²) in [7, 11) is 1.72. The summed E-state index contributed by atoms with van der Waals surface area (Å²) >= 11 is 0. The van der Waals surface area contributed by atoms with E-state index in [9.17, 15) is 5.11 Å². The van der Waals surface area contributed by atoms with Crippen LogP contribution in [0, 0.1) is 0 Å². The van der Waals surface area contributed by atoms with Crippen LogP contribution in [0.4, 0.5) is 0 Å². The van der Waals surface area contributed by atoms with Crippen molar-refractivity contribution in [3.05, 3.63) is 29.8 Å². The van der Waals surface area contributed by atoms with Crippen molar-refractivity contribution < 1.29 is 14.6 Å². The van der Waals surface area contributed by atoms with E-state index < -0.39 is 5.60 Å². The van der Waals surface area contributed by atoms with Gasteiger partial charge < -0.3 is 14.6 Å². The molecule has 2 rings (SSSR count). The number of hydrogen-bond acceptors (Lipinski definition) is 3. The van der Waals surface area contributed by atoms with Crippen LogP contribution in [0.1, 0.15) is 44.6 Å². The molecule has 2 atom stereocenters. The van der Waals surface area contributed by atoms with Crippen LogP contribution in [0.2, 0.25) is 0 Å². The summed E-state index contributed by atoms with van der Waals surface area (Å²) in [6.07, 6.45) is 4.54. The van der Waals surface area contributed by atoms with Gasteiger partial charge in [-0.1, -0.05) is 25.1 Å². The predicted octanol–water partition coefficient (Wildman–Crippen LogP) is 3.25. The van der Waals surface area contributed by atoms with Gasteiger partial charge in [-0.25, -0.2) is 0 Å². The van der Waals surface area contributed by atoms with Crippen molar-refractivity contribution in [2.45, 2.75) is 50.7 Å². The van der Waals surface area contributed by atoms with Crippen molar-refractivity contribution in [3.8, 4) is 5.75 Å². The smallest absolute Gasteiger partial charge is 0.125 e. The lowest BCUT2D eigenvalue weighted by atomic mass is 9.78. The predicted molar refractivity (Wildman–Crippen MR) is 75.4 cm³/mol. The molecule has 0 spiro atoms. The number of methoxy groups -OCH3 is 1. The summed E-state index contributed by atoms with van der Waals surface area (Å²) in [5, 5.41) is 11.0. The Morgan fingerprint density at radius 3 is 2.89 bits per heavy atom. The molecule has 0 bridgehead atoms. The Balaban J connectivity index is 2.23. The average Bonchev–Trinajstić information content (AvgIpc) is 2.45. The minimum Gasteiger partial charge on any atom is -0.493 e. The van der Waals surface area contributed by atoms with Crippen molar-refractivity contribution in [2.24, 2.45) is 0 Å². The summed E-state index contributed by atoms with van der Waals surface area (Å²) in [4.78, 5) is 0. The fraction of sp³-hybridized carbons (Fsp3) is 0.625. The molecule has 1 aromatic carbocycles. The number of rotatable bonds is 5. The van der Waals surface area contributed by atoms with E-state index in [-0.39, 0.29) is 6.10 Å². The third-order valence-corrected chi connectivity index (χ3v) is 3.87. The molecule has 0 saturated heterocycles. The Morgan fingerprint density at radius 1 is 1.37 bits per heavy atom. The van der Waals surface area contributed by atoms with Crippen LogP contribution in [-0.2, 0) is 10.3 Å². The maximum atomic E-state index is 11.0. The van der Waals surface area contributed by atoms with Gasteiger partial charge in [0.05, 0.1) is 18.3 Å². The number of aliphatic hydroxyl groups is 1. The van der Waals surface area contributed by atoms with Gasteiger partial charge in [-0.3, -0.25) is 0 Å². The molecular formula is C16H24O3. The quantitative estimate of drug-likeness (QED) is 0.887. The van der Waals surface area contributed by atoms with Crippen LogP contribution in [-0.4, -0.2) is 24.9 Å². The van der Waals surface area contributed by atoms with E-state index in [4.69, 9.17) is 9.47 Å². The second kappa shape index (κ2) is 6.40. The Bertz CT molecular complexity index is 405. The van der Waals surface area contributed by atoms with Gasteiger partial charge >= 0.3 is 0 Å². The zero-order chi connectivity index (χ0) is 13.7. The highest BCUT2D eigenvalue weighted by Crippen LogP contribution is 2.41. The van der Waals surface area contributed by atoms with Crippen LogP contribution in [0.3, 0.4) is 0 Å². The molecule has 1 N–H and O–H groups in total. The highest BCUT2D eigenvalue weighted by Gasteiger charge is 2.37. The standard InChI is InChI=1S/C16H24O3/c1-3-11-19-15-9-5-4-8-14(15)16(17)10-6-7-13(12-16)18-2/h4-5,8-9,13,17H,3,6-7,10-12H2,1-2H3. The highest BCUT2D eigenvalue weighted by molar-refractivity contribution is 5.38.